The molecule has 0 radical (unpaired) electrons. The van der Waals surface area contributed by atoms with E-state index in [9.17, 15) is 4.79 Å². The van der Waals surface area contributed by atoms with E-state index in [2.05, 4.69) is 0 Å². The van der Waals surface area contributed by atoms with Gasteiger partial charge < -0.3 is 15.2 Å². The summed E-state index contributed by atoms with van der Waals surface area (Å²) in [5.74, 6) is 0.231. The van der Waals surface area contributed by atoms with Crippen molar-refractivity contribution in [3.63, 3.8) is 0 Å². The molecule has 0 aromatic carbocycles. The van der Waals surface area contributed by atoms with Crippen LogP contribution in [-0.4, -0.2) is 30.8 Å². The highest BCUT2D eigenvalue weighted by Crippen LogP contribution is 2.45. The van der Waals surface area contributed by atoms with Crippen molar-refractivity contribution >= 4 is 5.97 Å². The number of hydrogen-bond acceptors (Lipinski definition) is 4. The summed E-state index contributed by atoms with van der Waals surface area (Å²) in [5.41, 5.74) is 5.99. The minimum atomic E-state index is -0.0816. The molecule has 3 fully saturated rings. The van der Waals surface area contributed by atoms with Gasteiger partial charge in [0, 0.05) is 12.0 Å². The molecule has 2 N–H and O–H groups in total. The van der Waals surface area contributed by atoms with Gasteiger partial charge in [-0.3, -0.25) is 4.79 Å². The normalized spacial score (nSPS) is 53.3. The molecular weight excluding hydrogens is 170 g/mol. The topological polar surface area (TPSA) is 61.6 Å². The van der Waals surface area contributed by atoms with E-state index in [4.69, 9.17) is 15.2 Å². The van der Waals surface area contributed by atoms with Gasteiger partial charge in [-0.2, -0.15) is 0 Å². The van der Waals surface area contributed by atoms with Gasteiger partial charge in [-0.15, -0.1) is 0 Å². The van der Waals surface area contributed by atoms with Crippen LogP contribution >= 0.6 is 0 Å². The van der Waals surface area contributed by atoms with Crippen LogP contribution in [-0.2, 0) is 14.3 Å². The van der Waals surface area contributed by atoms with Crippen LogP contribution in [0.15, 0.2) is 0 Å². The molecule has 3 rings (SSSR count). The Morgan fingerprint density at radius 2 is 2.31 bits per heavy atom. The zero-order valence-electron chi connectivity index (χ0n) is 7.31. The lowest BCUT2D eigenvalue weighted by atomic mass is 9.77. The quantitative estimate of drug-likeness (QED) is 0.522. The fraction of sp³-hybridized carbons (Fsp3) is 0.889. The summed E-state index contributed by atoms with van der Waals surface area (Å²) in [7, 11) is 0. The summed E-state index contributed by atoms with van der Waals surface area (Å²) >= 11 is 0. The smallest absolute Gasteiger partial charge is 0.311 e. The molecule has 3 aliphatic heterocycles. The number of fused-ring (bicyclic) bond motifs is 1. The second-order valence-electron chi connectivity index (χ2n) is 4.18. The van der Waals surface area contributed by atoms with Gasteiger partial charge in [-0.05, 0) is 12.8 Å². The summed E-state index contributed by atoms with van der Waals surface area (Å²) in [4.78, 5) is 11.4. The van der Waals surface area contributed by atoms with Crippen LogP contribution < -0.4 is 5.73 Å². The number of esters is 1. The van der Waals surface area contributed by atoms with Crippen LogP contribution in [0.3, 0.4) is 0 Å². The lowest BCUT2D eigenvalue weighted by Gasteiger charge is -2.25. The van der Waals surface area contributed by atoms with Crippen LogP contribution in [0.2, 0.25) is 0 Å². The number of cyclic esters (lactones) is 1. The zero-order valence-corrected chi connectivity index (χ0v) is 7.31. The van der Waals surface area contributed by atoms with Crippen LogP contribution in [0.4, 0.5) is 0 Å². The van der Waals surface area contributed by atoms with Gasteiger partial charge in [-0.25, -0.2) is 0 Å². The lowest BCUT2D eigenvalue weighted by Crippen LogP contribution is -2.43. The molecule has 0 aliphatic carbocycles. The van der Waals surface area contributed by atoms with Crippen molar-refractivity contribution in [3.05, 3.63) is 0 Å². The van der Waals surface area contributed by atoms with Crippen molar-refractivity contribution in [1.29, 1.82) is 0 Å². The largest absolute Gasteiger partial charge is 0.465 e. The third-order valence-electron chi connectivity index (χ3n) is 3.56. The number of carbonyl (C=O) groups is 1. The average Bonchev–Trinajstić information content (AvgIpc) is 2.62. The van der Waals surface area contributed by atoms with Crippen LogP contribution in [0, 0.1) is 11.8 Å². The molecule has 0 spiro atoms. The van der Waals surface area contributed by atoms with E-state index in [0.717, 1.165) is 12.8 Å². The summed E-state index contributed by atoms with van der Waals surface area (Å²) < 4.78 is 10.8. The predicted octanol–water partition coefficient (Wildman–Crippen LogP) is -0.336. The van der Waals surface area contributed by atoms with E-state index in [1.54, 1.807) is 0 Å². The minimum Gasteiger partial charge on any atom is -0.465 e. The van der Waals surface area contributed by atoms with Crippen molar-refractivity contribution in [1.82, 2.24) is 0 Å². The van der Waals surface area contributed by atoms with E-state index in [1.165, 1.54) is 0 Å². The first-order chi connectivity index (χ1) is 6.27. The molecule has 0 amide bonds. The Hall–Kier alpha value is -0.610. The van der Waals surface area contributed by atoms with E-state index in [1.807, 2.05) is 0 Å². The first-order valence-corrected chi connectivity index (χ1v) is 4.85. The summed E-state index contributed by atoms with van der Waals surface area (Å²) in [6.45, 7) is 0.514. The highest BCUT2D eigenvalue weighted by atomic mass is 16.5. The van der Waals surface area contributed by atoms with Crippen LogP contribution in [0.25, 0.3) is 0 Å². The van der Waals surface area contributed by atoms with Crippen LogP contribution in [0.5, 0.6) is 0 Å². The zero-order chi connectivity index (χ0) is 9.00. The summed E-state index contributed by atoms with van der Waals surface area (Å²) in [6, 6.07) is 0.121. The van der Waals surface area contributed by atoms with Gasteiger partial charge >= 0.3 is 5.97 Å². The molecule has 3 saturated heterocycles. The Labute approximate surface area is 76.4 Å². The van der Waals surface area contributed by atoms with Gasteiger partial charge in [-0.1, -0.05) is 0 Å². The standard InChI is InChI=1S/C9H13NO3/c10-7-4-1-2-12-9(11)5-3-6(7)13-8(4)5/h4-8H,1-3,10H2. The fourth-order valence-corrected chi connectivity index (χ4v) is 2.87. The minimum absolute atomic E-state index is 0.0303. The van der Waals surface area contributed by atoms with Gasteiger partial charge in [0.2, 0.25) is 0 Å². The molecule has 3 heterocycles. The molecule has 5 unspecified atom stereocenters. The SMILES string of the molecule is NC1C2CC3C(=O)OCCC1C3O2. The average molecular weight is 183 g/mol. The Balaban J connectivity index is 1.94. The van der Waals surface area contributed by atoms with Crippen molar-refractivity contribution < 1.29 is 14.3 Å². The molecule has 4 nitrogen and oxygen atoms in total. The van der Waals surface area contributed by atoms with Gasteiger partial charge in [0.1, 0.15) is 0 Å². The van der Waals surface area contributed by atoms with E-state index < -0.39 is 0 Å². The molecule has 0 aromatic rings. The maximum Gasteiger partial charge on any atom is 0.311 e. The molecule has 5 atom stereocenters. The second kappa shape index (κ2) is 2.45. The molecule has 0 saturated carbocycles. The van der Waals surface area contributed by atoms with E-state index >= 15 is 0 Å². The van der Waals surface area contributed by atoms with Crippen molar-refractivity contribution in [3.8, 4) is 0 Å². The Kier molecular flexibility index (Phi) is 1.46. The molecule has 13 heavy (non-hydrogen) atoms. The number of nitrogens with two attached hydrogens (primary N) is 1. The highest BCUT2D eigenvalue weighted by molar-refractivity contribution is 5.74. The Morgan fingerprint density at radius 1 is 1.46 bits per heavy atom. The van der Waals surface area contributed by atoms with Gasteiger partial charge in [0.15, 0.2) is 0 Å². The Morgan fingerprint density at radius 3 is 3.08 bits per heavy atom. The maximum absolute atomic E-state index is 11.4. The van der Waals surface area contributed by atoms with Crippen molar-refractivity contribution in [2.75, 3.05) is 6.61 Å². The molecule has 2 bridgehead atoms. The molecular formula is C9H13NO3. The van der Waals surface area contributed by atoms with E-state index in [-0.39, 0.29) is 30.1 Å². The number of hydrogen-bond donors (Lipinski definition) is 1. The van der Waals surface area contributed by atoms with E-state index in [0.29, 0.717) is 12.5 Å². The number of rotatable bonds is 0. The van der Waals surface area contributed by atoms with Gasteiger partial charge in [0.25, 0.3) is 0 Å². The second-order valence-corrected chi connectivity index (χ2v) is 4.18. The van der Waals surface area contributed by atoms with Crippen molar-refractivity contribution in [2.45, 2.75) is 31.1 Å². The number of carbonyl (C=O) groups excluding carboxylic acids is 1. The monoisotopic (exact) mass is 183 g/mol. The first-order valence-electron chi connectivity index (χ1n) is 4.85. The predicted molar refractivity (Wildman–Crippen MR) is 43.8 cm³/mol. The molecule has 72 valence electrons. The third-order valence-corrected chi connectivity index (χ3v) is 3.56. The first kappa shape index (κ1) is 7.76. The maximum atomic E-state index is 11.4. The number of ether oxygens (including phenoxy) is 2. The van der Waals surface area contributed by atoms with Crippen molar-refractivity contribution in [2.24, 2.45) is 17.6 Å². The molecule has 4 heteroatoms. The Bertz CT molecular complexity index is 255. The van der Waals surface area contributed by atoms with Gasteiger partial charge in [0.05, 0.1) is 24.7 Å². The molecule has 3 aliphatic rings. The molecule has 0 aromatic heterocycles. The summed E-state index contributed by atoms with van der Waals surface area (Å²) in [6.07, 6.45) is 1.78. The highest BCUT2D eigenvalue weighted by Gasteiger charge is 2.56. The third kappa shape index (κ3) is 0.901. The van der Waals surface area contributed by atoms with Crippen LogP contribution in [0.1, 0.15) is 12.8 Å². The summed E-state index contributed by atoms with van der Waals surface area (Å²) in [5, 5.41) is 0. The fourth-order valence-electron chi connectivity index (χ4n) is 2.87. The lowest BCUT2D eigenvalue weighted by molar-refractivity contribution is -0.148.